The Morgan fingerprint density at radius 3 is 1.62 bits per heavy atom. The van der Waals surface area contributed by atoms with E-state index in [4.69, 9.17) is 71.8 Å². The van der Waals surface area contributed by atoms with Crippen LogP contribution in [0.5, 0.6) is 0 Å². The summed E-state index contributed by atoms with van der Waals surface area (Å²) in [6.07, 6.45) is 7.21. The number of hydrogen-bond donors (Lipinski definition) is 8. The molecule has 6 aromatic rings. The van der Waals surface area contributed by atoms with Crippen molar-refractivity contribution in [2.24, 2.45) is 22.9 Å². The molecule has 0 saturated carbocycles. The number of ether oxygens (including phenoxy) is 2. The number of fused-ring (bicyclic) bond motifs is 1. The fourth-order valence-corrected chi connectivity index (χ4v) is 6.32. The summed E-state index contributed by atoms with van der Waals surface area (Å²) < 4.78 is 9.67. The van der Waals surface area contributed by atoms with Crippen molar-refractivity contribution in [3.63, 3.8) is 0 Å². The first-order valence-corrected chi connectivity index (χ1v) is 24.7. The monoisotopic (exact) mass is 1210 g/mol. The number of thioether (sulfide) groups is 1. The van der Waals surface area contributed by atoms with Gasteiger partial charge in [0, 0.05) is 68.3 Å². The van der Waals surface area contributed by atoms with Crippen molar-refractivity contribution in [2.45, 2.75) is 51.4 Å². The second-order valence-corrected chi connectivity index (χ2v) is 17.0. The van der Waals surface area contributed by atoms with Crippen LogP contribution in [-0.2, 0) is 48.1 Å². The van der Waals surface area contributed by atoms with E-state index in [9.17, 15) is 14.4 Å². The van der Waals surface area contributed by atoms with Crippen molar-refractivity contribution in [1.82, 2.24) is 25.6 Å². The summed E-state index contributed by atoms with van der Waals surface area (Å²) in [7, 11) is 0. The number of carbonyl (C=O) groups is 3. The molecule has 77 heavy (non-hydrogen) atoms. The molecule has 0 radical (unpaired) electrons. The summed E-state index contributed by atoms with van der Waals surface area (Å²) in [5, 5.41) is 39.6. The van der Waals surface area contributed by atoms with Crippen LogP contribution in [0.25, 0.3) is 4.85 Å². The second-order valence-electron chi connectivity index (χ2n) is 14.7. The Bertz CT molecular complexity index is 2860. The molecule has 0 bridgehead atoms. The van der Waals surface area contributed by atoms with Gasteiger partial charge in [0.05, 0.1) is 41.8 Å². The number of pyridine rings is 3. The predicted molar refractivity (Wildman–Crippen MR) is 311 cm³/mol. The third kappa shape index (κ3) is 29.0. The van der Waals surface area contributed by atoms with Crippen LogP contribution >= 0.6 is 76.6 Å². The molecule has 0 unspecified atom stereocenters. The molecule has 5 heterocycles. The minimum atomic E-state index is -0.334. The zero-order valence-electron chi connectivity index (χ0n) is 41.3. The Morgan fingerprint density at radius 1 is 0.779 bits per heavy atom. The first kappa shape index (κ1) is 69.7. The molecule has 2 amide bonds. The molecule has 8 rings (SSSR count). The number of amidine groups is 1. The topological polar surface area (TPSA) is 332 Å². The third-order valence-corrected chi connectivity index (χ3v) is 10.2. The average Bonchev–Trinajstić information content (AvgIpc) is 4.16. The largest absolute Gasteiger partial charge is 0.456 e. The number of nitrogens with zero attached hydrogens (tertiary/aromatic N) is 6. The van der Waals surface area contributed by atoms with Gasteiger partial charge in [0.25, 0.3) is 11.8 Å². The normalized spacial score (nSPS) is 10.6. The Kier molecular flexibility index (Phi) is 38.0. The van der Waals surface area contributed by atoms with Crippen LogP contribution in [0.2, 0.25) is 0 Å². The molecule has 19 nitrogen and oxygen atoms in total. The van der Waals surface area contributed by atoms with E-state index in [1.54, 1.807) is 103 Å². The predicted octanol–water partition coefficient (Wildman–Crippen LogP) is 8.24. The highest BCUT2D eigenvalue weighted by Gasteiger charge is 2.21. The number of carbonyl (C=O) groups excluding carboxylic acids is 3. The zero-order chi connectivity index (χ0) is 55.2. The highest BCUT2D eigenvalue weighted by Crippen LogP contribution is 2.17. The number of alkyl halides is 2. The van der Waals surface area contributed by atoms with E-state index in [0.717, 1.165) is 52.8 Å². The van der Waals surface area contributed by atoms with Gasteiger partial charge >= 0.3 is 5.97 Å². The Balaban J connectivity index is 0.000000961. The molecule has 2 aliphatic rings. The van der Waals surface area contributed by atoms with E-state index in [2.05, 4.69) is 54.1 Å². The number of aliphatic hydroxyl groups excluding tert-OH is 1. The van der Waals surface area contributed by atoms with Crippen LogP contribution in [-0.4, -0.2) is 66.7 Å². The quantitative estimate of drug-likeness (QED) is 0.0160. The molecule has 0 atom stereocenters. The van der Waals surface area contributed by atoms with Gasteiger partial charge in [-0.1, -0.05) is 78.5 Å². The minimum absolute atomic E-state index is 0. The minimum Gasteiger partial charge on any atom is -0.456 e. The summed E-state index contributed by atoms with van der Waals surface area (Å²) in [5.74, 6) is -0.508. The van der Waals surface area contributed by atoms with Gasteiger partial charge in [-0.25, -0.2) is 14.6 Å². The molecule has 12 N–H and O–H groups in total. The number of aliphatic hydroxyl groups is 1. The Morgan fingerprint density at radius 2 is 1.22 bits per heavy atom. The van der Waals surface area contributed by atoms with Crippen molar-refractivity contribution < 1.29 is 29.0 Å². The molecule has 406 valence electrons. The number of cyclic esters (lactones) is 1. The molecule has 2 aliphatic heterocycles. The number of aromatic nitrogens is 3. The highest BCUT2D eigenvalue weighted by atomic mass is 79.9. The van der Waals surface area contributed by atoms with Gasteiger partial charge in [0.2, 0.25) is 0 Å². The zero-order valence-corrected chi connectivity index (χ0v) is 46.9. The summed E-state index contributed by atoms with van der Waals surface area (Å²) in [4.78, 5) is 50.3. The van der Waals surface area contributed by atoms with Gasteiger partial charge in [-0.15, -0.1) is 52.6 Å². The maximum Gasteiger partial charge on any atom is 0.357 e. The number of nitrogens with one attached hydrogen (secondary N) is 3. The van der Waals surface area contributed by atoms with Crippen molar-refractivity contribution in [3.8, 4) is 12.1 Å². The van der Waals surface area contributed by atoms with Crippen LogP contribution in [0.1, 0.15) is 88.8 Å². The fourth-order valence-electron chi connectivity index (χ4n) is 5.78. The van der Waals surface area contributed by atoms with Crippen molar-refractivity contribution >= 4 is 110 Å². The number of thiocarbonyl (C=S) groups is 1. The summed E-state index contributed by atoms with van der Waals surface area (Å²) >= 11 is 14.8. The summed E-state index contributed by atoms with van der Waals surface area (Å²) in [5.41, 5.74) is 27.7. The first-order chi connectivity index (χ1) is 36.2. The molecule has 0 aliphatic carbocycles. The lowest BCUT2D eigenvalue weighted by Crippen LogP contribution is -2.25. The SMILES string of the molecule is Br.C1CCOC1.Cl.ClCCl.N#Cc1ccc(CNC(=O)c2ncccc2CO)cc1.N#Cc1ccc(CNC(=O)c2ncccc2CSC(=N)N)cc1.NC(N)=S.O=C1OCc2cccnc21.[C-]#[N+]c1ccc(CN)cc1. The number of rotatable bonds is 10. The van der Waals surface area contributed by atoms with Crippen molar-refractivity contribution in [2.75, 3.05) is 18.6 Å². The van der Waals surface area contributed by atoms with E-state index in [0.29, 0.717) is 65.8 Å². The molecule has 0 spiro atoms. The van der Waals surface area contributed by atoms with Gasteiger partial charge in [-0.3, -0.25) is 25.0 Å². The number of esters is 1. The Hall–Kier alpha value is -7.27. The van der Waals surface area contributed by atoms with Crippen LogP contribution in [0, 0.1) is 34.6 Å². The first-order valence-electron chi connectivity index (χ1n) is 22.3. The van der Waals surface area contributed by atoms with Crippen LogP contribution in [0.4, 0.5) is 5.69 Å². The van der Waals surface area contributed by atoms with Gasteiger partial charge in [-0.2, -0.15) is 10.5 Å². The summed E-state index contributed by atoms with van der Waals surface area (Å²) in [6.45, 7) is 10.0. The summed E-state index contributed by atoms with van der Waals surface area (Å²) in [6, 6.07) is 35.8. The molecule has 3 aromatic carbocycles. The molecule has 1 fully saturated rings. The van der Waals surface area contributed by atoms with Gasteiger partial charge in [0.15, 0.2) is 21.7 Å². The van der Waals surface area contributed by atoms with Gasteiger partial charge in [0.1, 0.15) is 18.0 Å². The number of halogens is 4. The van der Waals surface area contributed by atoms with Gasteiger partial charge < -0.3 is 48.1 Å². The standard InChI is InChI=1S/C16H15N5OS.C15H13N3O2.C8H8N2.C7H5NO2.C4H8O.CH2Cl2.CH4N2S.BrH.ClH/c17-8-11-3-5-12(6-4-11)9-21-15(22)14-13(2-1-7-20-14)10-23-16(18)19;16-8-11-3-5-12(6-4-11)9-18-15(20)14-13(10-19)2-1-7-17-14;1-10-8-4-2-7(6-9)3-5-8;9-7-6-5(4-10-7)2-1-3-8-6;1-2-4-5-3-1;2-1-3;2-1(3)4;;/h1-7H,9-10H2,(H3,18,19)(H,21,22);1-7,19H,9-10H2,(H,18,20);2-5H,6,9H2;1-3H,4H2;1-4H2;1H2;(H4,2,3,4);2*1H. The van der Waals surface area contributed by atoms with E-state index in [-0.39, 0.29) is 75.1 Å². The number of benzene rings is 3. The highest BCUT2D eigenvalue weighted by molar-refractivity contribution is 8.93. The van der Waals surface area contributed by atoms with Crippen LogP contribution in [0.3, 0.4) is 0 Å². The molecular formula is C52H57BrCl3N13O6S2. The van der Waals surface area contributed by atoms with E-state index < -0.39 is 0 Å². The molecular weight excluding hydrogens is 1150 g/mol. The van der Waals surface area contributed by atoms with Gasteiger partial charge in [-0.05, 0) is 89.8 Å². The Labute approximate surface area is 483 Å². The number of nitriles is 2. The lowest BCUT2D eigenvalue weighted by Gasteiger charge is -2.09. The van der Waals surface area contributed by atoms with Crippen molar-refractivity contribution in [1.29, 1.82) is 15.9 Å². The molecule has 3 aromatic heterocycles. The van der Waals surface area contributed by atoms with E-state index >= 15 is 0 Å². The van der Waals surface area contributed by atoms with E-state index in [1.807, 2.05) is 30.3 Å². The van der Waals surface area contributed by atoms with Crippen LogP contribution < -0.4 is 33.6 Å². The second kappa shape index (κ2) is 41.9. The lowest BCUT2D eigenvalue weighted by molar-refractivity contribution is 0.0530. The smallest absolute Gasteiger partial charge is 0.357 e. The number of nitrogens with two attached hydrogens (primary N) is 4. The molecule has 25 heteroatoms. The maximum absolute atomic E-state index is 12.3. The number of hydrogen-bond acceptors (Lipinski definition) is 15. The maximum atomic E-state index is 12.3. The molecule has 1 saturated heterocycles. The van der Waals surface area contributed by atoms with Crippen LogP contribution in [0.15, 0.2) is 128 Å². The van der Waals surface area contributed by atoms with E-state index in [1.165, 1.54) is 19.0 Å². The van der Waals surface area contributed by atoms with Crippen molar-refractivity contribution in [3.05, 3.63) is 201 Å². The third-order valence-electron chi connectivity index (χ3n) is 9.41. The average molecular weight is 1210 g/mol. The lowest BCUT2D eigenvalue weighted by atomic mass is 10.1. The number of amides is 2. The fraction of sp³-hybridized carbons (Fsp3) is 0.212.